The number of rotatable bonds is 7. The summed E-state index contributed by atoms with van der Waals surface area (Å²) in [5, 5.41) is 16.1. The Morgan fingerprint density at radius 2 is 2.39 bits per heavy atom. The van der Waals surface area contributed by atoms with Crippen LogP contribution in [0, 0.1) is 0 Å². The first-order valence-electron chi connectivity index (χ1n) is 5.76. The molecule has 1 aromatic heterocycles. The van der Waals surface area contributed by atoms with E-state index in [4.69, 9.17) is 9.84 Å². The monoisotopic (exact) mass is 319 g/mol. The van der Waals surface area contributed by atoms with Crippen molar-refractivity contribution in [1.82, 2.24) is 9.78 Å². The highest BCUT2D eigenvalue weighted by Crippen LogP contribution is 2.17. The number of aliphatic hydroxyl groups excluding tert-OH is 1. The summed E-state index contributed by atoms with van der Waals surface area (Å²) in [6.07, 6.45) is 2.13. The molecule has 1 atom stereocenters. The topological polar surface area (TPSA) is 76.4 Å². The maximum Gasteiger partial charge on any atom is 0.283 e. The highest BCUT2D eigenvalue weighted by atomic mass is 79.9. The zero-order valence-corrected chi connectivity index (χ0v) is 12.1. The summed E-state index contributed by atoms with van der Waals surface area (Å²) < 4.78 is 6.86. The minimum Gasteiger partial charge on any atom is -0.396 e. The number of nitrogens with one attached hydrogen (secondary N) is 1. The summed E-state index contributed by atoms with van der Waals surface area (Å²) in [5.41, 5.74) is 0.433. The number of nitrogens with zero attached hydrogens (tertiary/aromatic N) is 2. The van der Waals surface area contributed by atoms with Gasteiger partial charge in [-0.05, 0) is 29.3 Å². The molecule has 102 valence electrons. The van der Waals surface area contributed by atoms with E-state index in [1.807, 2.05) is 6.92 Å². The van der Waals surface area contributed by atoms with E-state index in [-0.39, 0.29) is 18.2 Å². The number of aliphatic hydroxyl groups is 1. The normalized spacial score (nSPS) is 12.4. The van der Waals surface area contributed by atoms with Gasteiger partial charge in [0.05, 0.1) is 24.5 Å². The van der Waals surface area contributed by atoms with E-state index < -0.39 is 0 Å². The van der Waals surface area contributed by atoms with Gasteiger partial charge in [-0.15, -0.1) is 0 Å². The van der Waals surface area contributed by atoms with Crippen molar-refractivity contribution in [2.45, 2.75) is 25.9 Å². The van der Waals surface area contributed by atoms with Crippen molar-refractivity contribution in [3.8, 4) is 0 Å². The molecule has 2 N–H and O–H groups in total. The third kappa shape index (κ3) is 3.79. The minimum absolute atomic E-state index is 0.0537. The van der Waals surface area contributed by atoms with Gasteiger partial charge in [-0.1, -0.05) is 0 Å². The van der Waals surface area contributed by atoms with Gasteiger partial charge in [0.1, 0.15) is 4.47 Å². The van der Waals surface area contributed by atoms with Crippen LogP contribution < -0.4 is 10.9 Å². The van der Waals surface area contributed by atoms with E-state index in [1.54, 1.807) is 13.3 Å². The summed E-state index contributed by atoms with van der Waals surface area (Å²) in [5.74, 6) is 0. The Labute approximate surface area is 114 Å². The van der Waals surface area contributed by atoms with Gasteiger partial charge in [0.2, 0.25) is 0 Å². The molecule has 0 aromatic carbocycles. The molecular weight excluding hydrogens is 302 g/mol. The molecule has 0 amide bonds. The number of ether oxygens (including phenoxy) is 1. The SMILES string of the molecule is CCn1ncc(NC(CCO)COC)c(Br)c1=O. The molecule has 0 saturated heterocycles. The molecular formula is C11H18BrN3O3. The molecule has 0 bridgehead atoms. The first-order chi connectivity index (χ1) is 8.63. The molecule has 1 rings (SSSR count). The maximum absolute atomic E-state index is 11.9. The summed E-state index contributed by atoms with van der Waals surface area (Å²) in [4.78, 5) is 11.9. The Hall–Kier alpha value is -0.920. The second kappa shape index (κ2) is 7.50. The third-order valence-electron chi connectivity index (χ3n) is 2.49. The molecule has 1 unspecified atom stereocenters. The molecule has 0 saturated carbocycles. The molecule has 6 nitrogen and oxygen atoms in total. The fraction of sp³-hybridized carbons (Fsp3) is 0.636. The van der Waals surface area contributed by atoms with Gasteiger partial charge >= 0.3 is 0 Å². The Morgan fingerprint density at radius 1 is 1.67 bits per heavy atom. The molecule has 18 heavy (non-hydrogen) atoms. The molecule has 0 radical (unpaired) electrons. The maximum atomic E-state index is 11.9. The van der Waals surface area contributed by atoms with E-state index in [2.05, 4.69) is 26.3 Å². The summed E-state index contributed by atoms with van der Waals surface area (Å²) in [7, 11) is 1.59. The first-order valence-corrected chi connectivity index (χ1v) is 6.55. The van der Waals surface area contributed by atoms with Crippen molar-refractivity contribution in [1.29, 1.82) is 0 Å². The number of halogens is 1. The second-order valence-corrected chi connectivity index (χ2v) is 4.60. The van der Waals surface area contributed by atoms with E-state index >= 15 is 0 Å². The summed E-state index contributed by atoms with van der Waals surface area (Å²) in [6, 6.07) is -0.0602. The van der Waals surface area contributed by atoms with Gasteiger partial charge in [-0.2, -0.15) is 5.10 Å². The highest BCUT2D eigenvalue weighted by molar-refractivity contribution is 9.10. The predicted octanol–water partition coefficient (Wildman–Crippen LogP) is 0.835. The molecule has 0 aliphatic carbocycles. The zero-order chi connectivity index (χ0) is 13.5. The number of anilines is 1. The van der Waals surface area contributed by atoms with Crippen LogP contribution in [0.2, 0.25) is 0 Å². The van der Waals surface area contributed by atoms with Crippen LogP contribution in [0.15, 0.2) is 15.5 Å². The second-order valence-electron chi connectivity index (χ2n) is 3.80. The Bertz CT molecular complexity index is 430. The third-order valence-corrected chi connectivity index (χ3v) is 3.26. The lowest BCUT2D eigenvalue weighted by Gasteiger charge is -2.18. The van der Waals surface area contributed by atoms with Crippen LogP contribution in [0.5, 0.6) is 0 Å². The minimum atomic E-state index is -0.178. The fourth-order valence-electron chi connectivity index (χ4n) is 1.57. The Morgan fingerprint density at radius 3 is 2.94 bits per heavy atom. The lowest BCUT2D eigenvalue weighted by Crippen LogP contribution is -2.29. The van der Waals surface area contributed by atoms with Gasteiger partial charge < -0.3 is 15.2 Å². The van der Waals surface area contributed by atoms with Gasteiger partial charge in [0.25, 0.3) is 5.56 Å². The van der Waals surface area contributed by atoms with Crippen molar-refractivity contribution in [2.24, 2.45) is 0 Å². The summed E-state index contributed by atoms with van der Waals surface area (Å²) >= 11 is 3.26. The van der Waals surface area contributed by atoms with Crippen molar-refractivity contribution in [3.05, 3.63) is 21.0 Å². The van der Waals surface area contributed by atoms with Crippen LogP contribution in [-0.4, -0.2) is 41.3 Å². The van der Waals surface area contributed by atoms with E-state index in [0.717, 1.165) is 0 Å². The van der Waals surface area contributed by atoms with Gasteiger partial charge in [0, 0.05) is 20.3 Å². The van der Waals surface area contributed by atoms with Crippen LogP contribution in [0.4, 0.5) is 5.69 Å². The largest absolute Gasteiger partial charge is 0.396 e. The van der Waals surface area contributed by atoms with Crippen molar-refractivity contribution in [3.63, 3.8) is 0 Å². The standard InChI is InChI=1S/C11H18BrN3O3/c1-3-15-11(17)10(12)9(6-13-15)14-8(4-5-16)7-18-2/h6,8,14,16H,3-5,7H2,1-2H3. The number of aromatic nitrogens is 2. The Kier molecular flexibility index (Phi) is 6.31. The van der Waals surface area contributed by atoms with Crippen LogP contribution in [-0.2, 0) is 11.3 Å². The predicted molar refractivity (Wildman–Crippen MR) is 72.9 cm³/mol. The molecule has 7 heteroatoms. The lowest BCUT2D eigenvalue weighted by molar-refractivity contribution is 0.170. The van der Waals surface area contributed by atoms with Gasteiger partial charge in [0.15, 0.2) is 0 Å². The average Bonchev–Trinajstić information content (AvgIpc) is 2.36. The summed E-state index contributed by atoms with van der Waals surface area (Å²) in [6.45, 7) is 2.88. The quantitative estimate of drug-likeness (QED) is 0.778. The molecule has 0 spiro atoms. The molecule has 0 aliphatic heterocycles. The van der Waals surface area contributed by atoms with E-state index in [1.165, 1.54) is 4.68 Å². The van der Waals surface area contributed by atoms with Gasteiger partial charge in [-0.3, -0.25) is 4.79 Å². The smallest absolute Gasteiger partial charge is 0.283 e. The molecule has 1 aromatic rings. The van der Waals surface area contributed by atoms with Gasteiger partial charge in [-0.25, -0.2) is 4.68 Å². The van der Waals surface area contributed by atoms with Crippen LogP contribution >= 0.6 is 15.9 Å². The van der Waals surface area contributed by atoms with Crippen LogP contribution in [0.1, 0.15) is 13.3 Å². The number of methoxy groups -OCH3 is 1. The highest BCUT2D eigenvalue weighted by Gasteiger charge is 2.13. The lowest BCUT2D eigenvalue weighted by atomic mass is 10.2. The fourth-order valence-corrected chi connectivity index (χ4v) is 1.99. The molecule has 0 aliphatic rings. The number of aryl methyl sites for hydroxylation is 1. The van der Waals surface area contributed by atoms with E-state index in [0.29, 0.717) is 29.7 Å². The van der Waals surface area contributed by atoms with Crippen molar-refractivity contribution in [2.75, 3.05) is 25.6 Å². The number of hydrogen-bond acceptors (Lipinski definition) is 5. The number of hydrogen-bond donors (Lipinski definition) is 2. The molecule has 1 heterocycles. The van der Waals surface area contributed by atoms with Crippen LogP contribution in [0.3, 0.4) is 0 Å². The Balaban J connectivity index is 2.89. The van der Waals surface area contributed by atoms with Crippen molar-refractivity contribution < 1.29 is 9.84 Å². The van der Waals surface area contributed by atoms with E-state index in [9.17, 15) is 4.79 Å². The first kappa shape index (κ1) is 15.1. The average molecular weight is 320 g/mol. The molecule has 0 fully saturated rings. The van der Waals surface area contributed by atoms with Crippen LogP contribution in [0.25, 0.3) is 0 Å². The zero-order valence-electron chi connectivity index (χ0n) is 10.5. The van der Waals surface area contributed by atoms with Crippen molar-refractivity contribution >= 4 is 21.6 Å².